The minimum absolute atomic E-state index is 0.167. The van der Waals surface area contributed by atoms with E-state index in [1.165, 1.54) is 0 Å². The monoisotopic (exact) mass is 247 g/mol. The van der Waals surface area contributed by atoms with Gasteiger partial charge < -0.3 is 15.3 Å². The zero-order valence-corrected chi connectivity index (χ0v) is 10.5. The second kappa shape index (κ2) is 5.29. The summed E-state index contributed by atoms with van der Waals surface area (Å²) in [6.45, 7) is 3.90. The van der Waals surface area contributed by atoms with E-state index in [0.29, 0.717) is 12.3 Å². The van der Waals surface area contributed by atoms with Crippen LogP contribution in [0.3, 0.4) is 0 Å². The average Bonchev–Trinajstić information content (AvgIpc) is 2.87. The van der Waals surface area contributed by atoms with Crippen LogP contribution < -0.4 is 5.73 Å². The molecule has 0 amide bonds. The van der Waals surface area contributed by atoms with Crippen molar-refractivity contribution >= 4 is 0 Å². The number of hydrogen-bond donors (Lipinski definition) is 2. The Balaban J connectivity index is 2.22. The highest BCUT2D eigenvalue weighted by Gasteiger charge is 2.21. The SMILES string of the molecule is CCC(N)[C@H](O)c1nnc(-c2ccc(C)cc2)o1. The highest BCUT2D eigenvalue weighted by Crippen LogP contribution is 2.22. The van der Waals surface area contributed by atoms with Gasteiger partial charge >= 0.3 is 0 Å². The van der Waals surface area contributed by atoms with Crippen LogP contribution in [0, 0.1) is 6.92 Å². The van der Waals surface area contributed by atoms with Gasteiger partial charge in [0.1, 0.15) is 6.10 Å². The van der Waals surface area contributed by atoms with E-state index in [1.54, 1.807) is 0 Å². The van der Waals surface area contributed by atoms with Gasteiger partial charge in [0.2, 0.25) is 11.8 Å². The molecule has 0 aliphatic rings. The number of rotatable bonds is 4. The van der Waals surface area contributed by atoms with Crippen molar-refractivity contribution < 1.29 is 9.52 Å². The quantitative estimate of drug-likeness (QED) is 0.860. The lowest BCUT2D eigenvalue weighted by molar-refractivity contribution is 0.114. The molecule has 1 unspecified atom stereocenters. The Kier molecular flexibility index (Phi) is 3.74. The lowest BCUT2D eigenvalue weighted by atomic mass is 10.1. The van der Waals surface area contributed by atoms with Crippen LogP contribution in [-0.2, 0) is 0 Å². The molecule has 1 heterocycles. The molecule has 0 aliphatic heterocycles. The molecular weight excluding hydrogens is 230 g/mol. The molecule has 18 heavy (non-hydrogen) atoms. The van der Waals surface area contributed by atoms with E-state index in [-0.39, 0.29) is 5.89 Å². The van der Waals surface area contributed by atoms with E-state index in [1.807, 2.05) is 38.1 Å². The minimum Gasteiger partial charge on any atom is -0.418 e. The summed E-state index contributed by atoms with van der Waals surface area (Å²) in [6, 6.07) is 7.34. The second-order valence-corrected chi connectivity index (χ2v) is 4.33. The van der Waals surface area contributed by atoms with Gasteiger partial charge in [-0.05, 0) is 25.5 Å². The molecule has 1 aromatic carbocycles. The molecule has 0 saturated carbocycles. The van der Waals surface area contributed by atoms with Gasteiger partial charge in [-0.15, -0.1) is 10.2 Å². The topological polar surface area (TPSA) is 85.2 Å². The fraction of sp³-hybridized carbons (Fsp3) is 0.385. The van der Waals surface area contributed by atoms with Gasteiger partial charge in [-0.25, -0.2) is 0 Å². The smallest absolute Gasteiger partial charge is 0.247 e. The van der Waals surface area contributed by atoms with Crippen LogP contribution in [0.2, 0.25) is 0 Å². The van der Waals surface area contributed by atoms with Crippen molar-refractivity contribution in [3.8, 4) is 11.5 Å². The summed E-state index contributed by atoms with van der Waals surface area (Å²) in [7, 11) is 0. The summed E-state index contributed by atoms with van der Waals surface area (Å²) < 4.78 is 5.44. The van der Waals surface area contributed by atoms with Crippen LogP contribution in [0.1, 0.15) is 30.9 Å². The predicted molar refractivity (Wildman–Crippen MR) is 67.7 cm³/mol. The Bertz CT molecular complexity index is 507. The molecule has 5 nitrogen and oxygen atoms in total. The molecule has 3 N–H and O–H groups in total. The van der Waals surface area contributed by atoms with E-state index < -0.39 is 12.1 Å². The van der Waals surface area contributed by atoms with Gasteiger partial charge in [-0.2, -0.15) is 0 Å². The third kappa shape index (κ3) is 2.57. The van der Waals surface area contributed by atoms with Crippen LogP contribution in [0.5, 0.6) is 0 Å². The first-order chi connectivity index (χ1) is 8.61. The number of nitrogens with zero attached hydrogens (tertiary/aromatic N) is 2. The fourth-order valence-electron chi connectivity index (χ4n) is 1.57. The van der Waals surface area contributed by atoms with Crippen molar-refractivity contribution in [1.29, 1.82) is 0 Å². The summed E-state index contributed by atoms with van der Waals surface area (Å²) >= 11 is 0. The Morgan fingerprint density at radius 1 is 1.28 bits per heavy atom. The molecule has 0 spiro atoms. The first kappa shape index (κ1) is 12.7. The molecule has 1 aromatic heterocycles. The van der Waals surface area contributed by atoms with Crippen molar-refractivity contribution in [1.82, 2.24) is 10.2 Å². The maximum absolute atomic E-state index is 9.87. The molecule has 96 valence electrons. The Hall–Kier alpha value is -1.72. The van der Waals surface area contributed by atoms with Crippen LogP contribution in [0.4, 0.5) is 0 Å². The van der Waals surface area contributed by atoms with E-state index in [4.69, 9.17) is 10.2 Å². The lowest BCUT2D eigenvalue weighted by Gasteiger charge is -2.12. The number of aliphatic hydroxyl groups is 1. The van der Waals surface area contributed by atoms with E-state index >= 15 is 0 Å². The van der Waals surface area contributed by atoms with Gasteiger partial charge in [0.15, 0.2) is 0 Å². The van der Waals surface area contributed by atoms with E-state index in [9.17, 15) is 5.11 Å². The number of hydrogen-bond acceptors (Lipinski definition) is 5. The lowest BCUT2D eigenvalue weighted by Crippen LogP contribution is -2.27. The Morgan fingerprint density at radius 3 is 2.56 bits per heavy atom. The van der Waals surface area contributed by atoms with Gasteiger partial charge in [-0.3, -0.25) is 0 Å². The van der Waals surface area contributed by atoms with Gasteiger partial charge in [0.25, 0.3) is 0 Å². The molecule has 0 fully saturated rings. The van der Waals surface area contributed by atoms with Gasteiger partial charge in [0, 0.05) is 11.6 Å². The Morgan fingerprint density at radius 2 is 1.94 bits per heavy atom. The van der Waals surface area contributed by atoms with Crippen LogP contribution in [-0.4, -0.2) is 21.3 Å². The highest BCUT2D eigenvalue weighted by molar-refractivity contribution is 5.52. The van der Waals surface area contributed by atoms with Crippen LogP contribution in [0.15, 0.2) is 28.7 Å². The first-order valence-corrected chi connectivity index (χ1v) is 5.96. The van der Waals surface area contributed by atoms with Gasteiger partial charge in [0.05, 0.1) is 0 Å². The Labute approximate surface area is 106 Å². The number of aliphatic hydroxyl groups excluding tert-OH is 1. The van der Waals surface area contributed by atoms with Crippen molar-refractivity contribution in [3.05, 3.63) is 35.7 Å². The largest absolute Gasteiger partial charge is 0.418 e. The average molecular weight is 247 g/mol. The minimum atomic E-state index is -0.915. The molecule has 5 heteroatoms. The third-order valence-electron chi connectivity index (χ3n) is 2.87. The van der Waals surface area contributed by atoms with E-state index in [0.717, 1.165) is 11.1 Å². The molecule has 2 aromatic rings. The van der Waals surface area contributed by atoms with Crippen molar-refractivity contribution in [2.45, 2.75) is 32.4 Å². The number of aromatic nitrogens is 2. The second-order valence-electron chi connectivity index (χ2n) is 4.33. The molecule has 0 radical (unpaired) electrons. The van der Waals surface area contributed by atoms with E-state index in [2.05, 4.69) is 10.2 Å². The first-order valence-electron chi connectivity index (χ1n) is 5.96. The molecule has 0 bridgehead atoms. The summed E-state index contributed by atoms with van der Waals surface area (Å²) in [5.74, 6) is 0.562. The van der Waals surface area contributed by atoms with Crippen LogP contribution in [0.25, 0.3) is 11.5 Å². The standard InChI is InChI=1S/C13H17N3O2/c1-3-10(14)11(17)13-16-15-12(18-13)9-6-4-8(2)5-7-9/h4-7,10-11,17H,3,14H2,1-2H3/t10?,11-/m0/s1. The number of benzene rings is 1. The maximum Gasteiger partial charge on any atom is 0.247 e. The normalized spacial score (nSPS) is 14.4. The summed E-state index contributed by atoms with van der Waals surface area (Å²) in [5.41, 5.74) is 7.73. The maximum atomic E-state index is 9.87. The molecule has 0 saturated heterocycles. The molecule has 2 atom stereocenters. The predicted octanol–water partition coefficient (Wildman–Crippen LogP) is 1.82. The number of nitrogens with two attached hydrogens (primary N) is 1. The van der Waals surface area contributed by atoms with Crippen molar-refractivity contribution in [3.63, 3.8) is 0 Å². The summed E-state index contributed by atoms with van der Waals surface area (Å²) in [5, 5.41) is 17.6. The summed E-state index contributed by atoms with van der Waals surface area (Å²) in [4.78, 5) is 0. The van der Waals surface area contributed by atoms with Crippen molar-refractivity contribution in [2.24, 2.45) is 5.73 Å². The molecular formula is C13H17N3O2. The zero-order valence-electron chi connectivity index (χ0n) is 10.5. The summed E-state index contributed by atoms with van der Waals surface area (Å²) in [6.07, 6.45) is -0.273. The van der Waals surface area contributed by atoms with Crippen molar-refractivity contribution in [2.75, 3.05) is 0 Å². The highest BCUT2D eigenvalue weighted by atomic mass is 16.4. The number of aryl methyl sites for hydroxylation is 1. The van der Waals surface area contributed by atoms with Gasteiger partial charge in [-0.1, -0.05) is 24.6 Å². The third-order valence-corrected chi connectivity index (χ3v) is 2.87. The molecule has 2 rings (SSSR count). The fourth-order valence-corrected chi connectivity index (χ4v) is 1.57. The molecule has 0 aliphatic carbocycles. The van der Waals surface area contributed by atoms with Crippen LogP contribution >= 0.6 is 0 Å². The zero-order chi connectivity index (χ0) is 13.1.